The minimum absolute atomic E-state index is 0.243. The quantitative estimate of drug-likeness (QED) is 0.238. The molecular weight excluding hydrogens is 594 g/mol. The van der Waals surface area contributed by atoms with E-state index in [-0.39, 0.29) is 10.0 Å². The molecule has 0 saturated carbocycles. The fourth-order valence-electron chi connectivity index (χ4n) is 4.75. The van der Waals surface area contributed by atoms with Gasteiger partial charge in [0.15, 0.2) is 5.69 Å². The zero-order chi connectivity index (χ0) is 30.9. The third-order valence-electron chi connectivity index (χ3n) is 6.76. The number of aromatic nitrogens is 2. The van der Waals surface area contributed by atoms with Crippen LogP contribution in [0, 0.1) is 12.7 Å². The van der Waals surface area contributed by atoms with E-state index in [0.717, 1.165) is 79.7 Å². The zero-order valence-corrected chi connectivity index (χ0v) is 23.7. The number of nitrogens with zero attached hydrogens (tertiary/aromatic N) is 4. The van der Waals surface area contributed by atoms with Crippen molar-refractivity contribution < 1.29 is 40.3 Å². The van der Waals surface area contributed by atoms with Crippen molar-refractivity contribution in [3.05, 3.63) is 72.3 Å². The van der Waals surface area contributed by atoms with Crippen LogP contribution in [0.25, 0.3) is 22.0 Å². The number of sulfonamides is 1. The minimum Gasteiger partial charge on any atom is -0.479 e. The Bertz CT molecular complexity index is 1800. The van der Waals surface area contributed by atoms with Crippen LogP contribution in [0.15, 0.2) is 65.8 Å². The van der Waals surface area contributed by atoms with Crippen LogP contribution in [-0.2, 0) is 19.7 Å². The van der Waals surface area contributed by atoms with Crippen LogP contribution in [0.1, 0.15) is 5.56 Å². The van der Waals surface area contributed by atoms with Gasteiger partial charge in [-0.2, -0.15) is 21.6 Å². The Balaban J connectivity index is 1.69. The van der Waals surface area contributed by atoms with Gasteiger partial charge in [0.25, 0.3) is 10.0 Å². The number of methoxy groups -OCH3 is 1. The van der Waals surface area contributed by atoms with E-state index in [2.05, 4.69) is 25.0 Å². The number of piperazine rings is 1. The number of benzene rings is 2. The molecule has 1 aliphatic rings. The Hall–Kier alpha value is -4.50. The van der Waals surface area contributed by atoms with Gasteiger partial charge in [-0.3, -0.25) is 4.98 Å². The van der Waals surface area contributed by atoms with Crippen molar-refractivity contribution in [3.63, 3.8) is 0 Å². The lowest BCUT2D eigenvalue weighted by Crippen LogP contribution is -2.43. The number of carbonyl (C=O) groups is 1. The molecule has 5 rings (SSSR count). The van der Waals surface area contributed by atoms with Gasteiger partial charge in [0.1, 0.15) is 10.7 Å². The summed E-state index contributed by atoms with van der Waals surface area (Å²) in [6, 6.07) is 10.5. The normalized spacial score (nSPS) is 14.0. The van der Waals surface area contributed by atoms with E-state index in [1.165, 1.54) is 12.3 Å². The van der Waals surface area contributed by atoms with Crippen LogP contribution in [0.5, 0.6) is 5.88 Å². The number of aryl methyl sites for hydroxylation is 1. The number of nitrogens with one attached hydrogen (secondary N) is 1. The molecule has 0 amide bonds. The summed E-state index contributed by atoms with van der Waals surface area (Å²) in [5.74, 6) is -4.63. The van der Waals surface area contributed by atoms with Crippen molar-refractivity contribution in [1.82, 2.24) is 15.3 Å². The SMILES string of the molecule is COc1ncc(-c2cc(C)c3nccc(N4CCNCC4)c3c2)cc1N(OC(=O)C(F)(F)F)S(=O)(=O)c1ccccc1F. The number of pyridine rings is 2. The lowest BCUT2D eigenvalue weighted by Gasteiger charge is -2.30. The predicted molar refractivity (Wildman–Crippen MR) is 150 cm³/mol. The molecule has 1 fully saturated rings. The molecule has 0 aliphatic carbocycles. The van der Waals surface area contributed by atoms with E-state index in [1.807, 2.05) is 13.0 Å². The third-order valence-corrected chi connectivity index (χ3v) is 8.35. The van der Waals surface area contributed by atoms with Crippen LogP contribution in [-0.4, -0.2) is 63.8 Å². The molecule has 15 heteroatoms. The molecular formula is C28H25F4N5O5S. The number of hydrogen-bond acceptors (Lipinski definition) is 9. The summed E-state index contributed by atoms with van der Waals surface area (Å²) in [4.78, 5) is 26.0. The smallest absolute Gasteiger partial charge is 0.479 e. The zero-order valence-electron chi connectivity index (χ0n) is 22.9. The Morgan fingerprint density at radius 2 is 1.77 bits per heavy atom. The highest BCUT2D eigenvalue weighted by Crippen LogP contribution is 2.38. The highest BCUT2D eigenvalue weighted by atomic mass is 32.2. The molecule has 43 heavy (non-hydrogen) atoms. The molecule has 1 N–H and O–H groups in total. The summed E-state index contributed by atoms with van der Waals surface area (Å²) >= 11 is 0. The fraction of sp³-hybridized carbons (Fsp3) is 0.250. The first-order valence-electron chi connectivity index (χ1n) is 12.9. The molecule has 1 saturated heterocycles. The average molecular weight is 620 g/mol. The van der Waals surface area contributed by atoms with Gasteiger partial charge < -0.3 is 19.8 Å². The summed E-state index contributed by atoms with van der Waals surface area (Å²) in [6.07, 6.45) is -2.55. The van der Waals surface area contributed by atoms with E-state index in [4.69, 9.17) is 4.74 Å². The maximum Gasteiger partial charge on any atom is 0.493 e. The van der Waals surface area contributed by atoms with E-state index >= 15 is 0 Å². The topological polar surface area (TPSA) is 114 Å². The van der Waals surface area contributed by atoms with Crippen molar-refractivity contribution in [2.75, 3.05) is 42.7 Å². The molecule has 2 aromatic heterocycles. The van der Waals surface area contributed by atoms with Gasteiger partial charge in [0.2, 0.25) is 5.88 Å². The first-order chi connectivity index (χ1) is 20.4. The molecule has 2 aromatic carbocycles. The number of hydrogen-bond donors (Lipinski definition) is 1. The number of alkyl halides is 3. The largest absolute Gasteiger partial charge is 0.493 e. The first-order valence-corrected chi connectivity index (χ1v) is 14.3. The van der Waals surface area contributed by atoms with Crippen molar-refractivity contribution >= 4 is 38.3 Å². The average Bonchev–Trinajstić information content (AvgIpc) is 2.99. The number of halogens is 4. The van der Waals surface area contributed by atoms with Crippen LogP contribution < -0.4 is 19.4 Å². The highest BCUT2D eigenvalue weighted by molar-refractivity contribution is 7.92. The highest BCUT2D eigenvalue weighted by Gasteiger charge is 2.46. The Labute approximate surface area is 243 Å². The molecule has 10 nitrogen and oxygen atoms in total. The summed E-state index contributed by atoms with van der Waals surface area (Å²) in [5.41, 5.74) is 2.47. The van der Waals surface area contributed by atoms with Crippen molar-refractivity contribution in [1.29, 1.82) is 0 Å². The third kappa shape index (κ3) is 5.90. The standard InChI is InChI=1S/C28H25F4N5O5S/c1-17-13-18(14-20-22(7-8-34-25(17)20)36-11-9-33-10-12-36)19-15-23(26(41-2)35-16-19)37(42-27(38)28(30,31)32)43(39,40)24-6-4-3-5-21(24)29/h3-8,13-16,33H,9-12H2,1-2H3. The van der Waals surface area contributed by atoms with Crippen molar-refractivity contribution in [2.45, 2.75) is 18.0 Å². The maximum atomic E-state index is 14.6. The Kier molecular flexibility index (Phi) is 8.12. The van der Waals surface area contributed by atoms with Crippen molar-refractivity contribution in [3.8, 4) is 17.0 Å². The minimum atomic E-state index is -5.58. The first kappa shape index (κ1) is 30.0. The predicted octanol–water partition coefficient (Wildman–Crippen LogP) is 4.38. The van der Waals surface area contributed by atoms with Crippen LogP contribution in [0.3, 0.4) is 0 Å². The number of carbonyl (C=O) groups excluding carboxylic acids is 1. The van der Waals surface area contributed by atoms with Gasteiger partial charge in [-0.1, -0.05) is 16.6 Å². The molecule has 0 bridgehead atoms. The molecule has 3 heterocycles. The monoisotopic (exact) mass is 619 g/mol. The number of anilines is 2. The molecule has 0 radical (unpaired) electrons. The number of fused-ring (bicyclic) bond motifs is 1. The van der Waals surface area contributed by atoms with E-state index in [9.17, 15) is 30.8 Å². The second-order valence-electron chi connectivity index (χ2n) is 9.55. The number of ether oxygens (including phenoxy) is 1. The molecule has 4 aromatic rings. The van der Waals surface area contributed by atoms with Gasteiger partial charge in [0.05, 0.1) is 12.6 Å². The molecule has 1 aliphatic heterocycles. The summed E-state index contributed by atoms with van der Waals surface area (Å²) in [7, 11) is -4.17. The van der Waals surface area contributed by atoms with Crippen LogP contribution in [0.2, 0.25) is 0 Å². The fourth-order valence-corrected chi connectivity index (χ4v) is 6.05. The van der Waals surface area contributed by atoms with Gasteiger partial charge in [-0.05, 0) is 54.4 Å². The Morgan fingerprint density at radius 1 is 1.05 bits per heavy atom. The second-order valence-corrected chi connectivity index (χ2v) is 11.3. The lowest BCUT2D eigenvalue weighted by atomic mass is 9.99. The maximum absolute atomic E-state index is 14.6. The summed E-state index contributed by atoms with van der Waals surface area (Å²) < 4.78 is 86.3. The van der Waals surface area contributed by atoms with Crippen molar-refractivity contribution in [2.24, 2.45) is 0 Å². The van der Waals surface area contributed by atoms with E-state index in [1.54, 1.807) is 18.3 Å². The Morgan fingerprint density at radius 3 is 2.44 bits per heavy atom. The second kappa shape index (κ2) is 11.6. The molecule has 0 atom stereocenters. The van der Waals surface area contributed by atoms with Gasteiger partial charge in [-0.15, -0.1) is 0 Å². The summed E-state index contributed by atoms with van der Waals surface area (Å²) in [6.45, 7) is 4.92. The molecule has 0 unspecified atom stereocenters. The van der Waals surface area contributed by atoms with Gasteiger partial charge in [0, 0.05) is 55.2 Å². The summed E-state index contributed by atoms with van der Waals surface area (Å²) in [5, 5.41) is 4.09. The van der Waals surface area contributed by atoms with Crippen LogP contribution in [0.4, 0.5) is 28.9 Å². The lowest BCUT2D eigenvalue weighted by molar-refractivity contribution is -0.199. The van der Waals surface area contributed by atoms with Gasteiger partial charge in [-0.25, -0.2) is 14.2 Å². The van der Waals surface area contributed by atoms with Gasteiger partial charge >= 0.3 is 12.1 Å². The van der Waals surface area contributed by atoms with E-state index < -0.39 is 44.4 Å². The van der Waals surface area contributed by atoms with Crippen LogP contribution >= 0.6 is 0 Å². The number of rotatable bonds is 7. The molecule has 226 valence electrons. The molecule has 0 spiro atoms. The van der Waals surface area contributed by atoms with E-state index in [0.29, 0.717) is 5.56 Å².